The van der Waals surface area contributed by atoms with Gasteiger partial charge in [0.1, 0.15) is 5.69 Å². The molecular formula is C11H15N3O5S. The van der Waals surface area contributed by atoms with Gasteiger partial charge in [-0.05, 0) is 25.0 Å². The Hall–Kier alpha value is -1.71. The average molecular weight is 301 g/mol. The predicted molar refractivity (Wildman–Crippen MR) is 71.7 cm³/mol. The van der Waals surface area contributed by atoms with Crippen LogP contribution in [0.1, 0.15) is 12.8 Å². The van der Waals surface area contributed by atoms with Crippen molar-refractivity contribution >= 4 is 21.4 Å². The lowest BCUT2D eigenvalue weighted by atomic mass is 10.1. The SMILES string of the molecule is Nc1cc(S(=O)(=O)NC2CCOCC2)ccc1[N+](=O)[O-]. The molecule has 0 aromatic heterocycles. The van der Waals surface area contributed by atoms with E-state index >= 15 is 0 Å². The van der Waals surface area contributed by atoms with Gasteiger partial charge in [-0.25, -0.2) is 13.1 Å². The lowest BCUT2D eigenvalue weighted by Crippen LogP contribution is -2.38. The molecule has 110 valence electrons. The molecule has 1 fully saturated rings. The van der Waals surface area contributed by atoms with Crippen LogP contribution in [-0.4, -0.2) is 32.6 Å². The molecule has 0 atom stereocenters. The van der Waals surface area contributed by atoms with Crippen LogP contribution in [0.4, 0.5) is 11.4 Å². The minimum absolute atomic E-state index is 0.0768. The third kappa shape index (κ3) is 3.24. The van der Waals surface area contributed by atoms with Crippen LogP contribution < -0.4 is 10.5 Å². The first kappa shape index (κ1) is 14.7. The molecule has 1 heterocycles. The molecule has 3 N–H and O–H groups in total. The number of hydrogen-bond acceptors (Lipinski definition) is 6. The number of nitrogens with two attached hydrogens (primary N) is 1. The fourth-order valence-electron chi connectivity index (χ4n) is 1.97. The number of nitrogens with one attached hydrogen (secondary N) is 1. The standard InChI is InChI=1S/C11H15N3O5S/c12-10-7-9(1-2-11(10)14(15)16)20(17,18)13-8-3-5-19-6-4-8/h1-2,7-8,13H,3-6,12H2. The van der Waals surface area contributed by atoms with Gasteiger partial charge in [0.25, 0.3) is 5.69 Å². The molecule has 0 saturated carbocycles. The van der Waals surface area contributed by atoms with Crippen molar-refractivity contribution in [2.75, 3.05) is 18.9 Å². The van der Waals surface area contributed by atoms with E-state index in [4.69, 9.17) is 10.5 Å². The summed E-state index contributed by atoms with van der Waals surface area (Å²) in [6.45, 7) is 1.02. The summed E-state index contributed by atoms with van der Waals surface area (Å²) >= 11 is 0. The van der Waals surface area contributed by atoms with E-state index in [1.54, 1.807) is 0 Å². The van der Waals surface area contributed by atoms with Crippen molar-refractivity contribution in [1.82, 2.24) is 4.72 Å². The number of nitro groups is 1. The molecule has 0 aliphatic carbocycles. The zero-order chi connectivity index (χ0) is 14.8. The highest BCUT2D eigenvalue weighted by Gasteiger charge is 2.23. The van der Waals surface area contributed by atoms with E-state index in [-0.39, 0.29) is 22.3 Å². The maximum Gasteiger partial charge on any atom is 0.292 e. The van der Waals surface area contributed by atoms with Crippen LogP contribution in [0.15, 0.2) is 23.1 Å². The van der Waals surface area contributed by atoms with Gasteiger partial charge in [0, 0.05) is 25.3 Å². The summed E-state index contributed by atoms with van der Waals surface area (Å²) in [6, 6.07) is 3.18. The Balaban J connectivity index is 2.20. The second-order valence-corrected chi connectivity index (χ2v) is 6.20. The molecular weight excluding hydrogens is 286 g/mol. The van der Waals surface area contributed by atoms with Crippen molar-refractivity contribution in [2.45, 2.75) is 23.8 Å². The summed E-state index contributed by atoms with van der Waals surface area (Å²) < 4.78 is 32.0. The zero-order valence-corrected chi connectivity index (χ0v) is 11.4. The summed E-state index contributed by atoms with van der Waals surface area (Å²) in [5.74, 6) is 0. The van der Waals surface area contributed by atoms with Gasteiger partial charge in [0.15, 0.2) is 0 Å². The Morgan fingerprint density at radius 3 is 2.55 bits per heavy atom. The normalized spacial score (nSPS) is 17.0. The van der Waals surface area contributed by atoms with E-state index in [9.17, 15) is 18.5 Å². The number of rotatable bonds is 4. The Bertz CT molecular complexity index is 610. The number of ether oxygens (including phenoxy) is 1. The van der Waals surface area contributed by atoms with Crippen LogP contribution in [0.5, 0.6) is 0 Å². The molecule has 1 aliphatic rings. The highest BCUT2D eigenvalue weighted by molar-refractivity contribution is 7.89. The summed E-state index contributed by atoms with van der Waals surface area (Å²) in [4.78, 5) is 9.91. The number of nitrogen functional groups attached to an aromatic ring is 1. The van der Waals surface area contributed by atoms with E-state index in [0.29, 0.717) is 26.1 Å². The van der Waals surface area contributed by atoms with Crippen LogP contribution in [0.2, 0.25) is 0 Å². The van der Waals surface area contributed by atoms with Crippen molar-refractivity contribution in [3.8, 4) is 0 Å². The molecule has 20 heavy (non-hydrogen) atoms. The molecule has 1 saturated heterocycles. The number of hydrogen-bond donors (Lipinski definition) is 2. The topological polar surface area (TPSA) is 125 Å². The number of nitrogens with zero attached hydrogens (tertiary/aromatic N) is 1. The van der Waals surface area contributed by atoms with E-state index in [2.05, 4.69) is 4.72 Å². The van der Waals surface area contributed by atoms with E-state index in [0.717, 1.165) is 12.1 Å². The smallest absolute Gasteiger partial charge is 0.292 e. The molecule has 0 amide bonds. The quantitative estimate of drug-likeness (QED) is 0.477. The molecule has 0 unspecified atom stereocenters. The van der Waals surface area contributed by atoms with Crippen molar-refractivity contribution in [3.05, 3.63) is 28.3 Å². The lowest BCUT2D eigenvalue weighted by molar-refractivity contribution is -0.383. The minimum atomic E-state index is -3.73. The summed E-state index contributed by atoms with van der Waals surface area (Å²) in [6.07, 6.45) is 1.20. The van der Waals surface area contributed by atoms with Gasteiger partial charge in [0.05, 0.1) is 9.82 Å². The van der Waals surface area contributed by atoms with Gasteiger partial charge < -0.3 is 10.5 Å². The minimum Gasteiger partial charge on any atom is -0.393 e. The van der Waals surface area contributed by atoms with Crippen LogP contribution in [0.3, 0.4) is 0 Å². The molecule has 1 aromatic carbocycles. The highest BCUT2D eigenvalue weighted by atomic mass is 32.2. The third-order valence-corrected chi connectivity index (χ3v) is 4.57. The maximum absolute atomic E-state index is 12.2. The molecule has 0 spiro atoms. The molecule has 1 aliphatic heterocycles. The van der Waals surface area contributed by atoms with E-state index in [1.165, 1.54) is 6.07 Å². The Morgan fingerprint density at radius 1 is 1.35 bits per heavy atom. The predicted octanol–water partition coefficient (Wildman–Crippen LogP) is 0.634. The molecule has 0 bridgehead atoms. The first-order chi connectivity index (χ1) is 9.40. The van der Waals surface area contributed by atoms with Gasteiger partial charge in [0.2, 0.25) is 10.0 Å². The summed E-state index contributed by atoms with van der Waals surface area (Å²) in [5, 5.41) is 10.6. The van der Waals surface area contributed by atoms with Crippen LogP contribution in [0.25, 0.3) is 0 Å². The number of benzene rings is 1. The highest BCUT2D eigenvalue weighted by Crippen LogP contribution is 2.24. The van der Waals surface area contributed by atoms with Gasteiger partial charge in [-0.2, -0.15) is 0 Å². The van der Waals surface area contributed by atoms with E-state index in [1.807, 2.05) is 0 Å². The van der Waals surface area contributed by atoms with Crippen molar-refractivity contribution in [2.24, 2.45) is 0 Å². The molecule has 8 nitrogen and oxygen atoms in total. The van der Waals surface area contributed by atoms with Crippen molar-refractivity contribution < 1.29 is 18.1 Å². The average Bonchev–Trinajstić information content (AvgIpc) is 2.38. The Morgan fingerprint density at radius 2 is 2.00 bits per heavy atom. The first-order valence-corrected chi connectivity index (χ1v) is 7.52. The Kier molecular flexibility index (Phi) is 4.21. The maximum atomic E-state index is 12.2. The lowest BCUT2D eigenvalue weighted by Gasteiger charge is -2.22. The van der Waals surface area contributed by atoms with Gasteiger partial charge >= 0.3 is 0 Å². The fourth-order valence-corrected chi connectivity index (χ4v) is 3.31. The number of sulfonamides is 1. The molecule has 9 heteroatoms. The largest absolute Gasteiger partial charge is 0.393 e. The number of nitro benzene ring substituents is 1. The van der Waals surface area contributed by atoms with Gasteiger partial charge in [-0.1, -0.05) is 0 Å². The third-order valence-electron chi connectivity index (χ3n) is 3.05. The summed E-state index contributed by atoms with van der Waals surface area (Å²) in [7, 11) is -3.73. The monoisotopic (exact) mass is 301 g/mol. The Labute approximate surface area is 116 Å². The fraction of sp³-hybridized carbons (Fsp3) is 0.455. The molecule has 0 radical (unpaired) electrons. The number of anilines is 1. The van der Waals surface area contributed by atoms with Gasteiger partial charge in [-0.3, -0.25) is 10.1 Å². The van der Waals surface area contributed by atoms with Crippen LogP contribution in [-0.2, 0) is 14.8 Å². The molecule has 1 aromatic rings. The second kappa shape index (κ2) is 5.73. The first-order valence-electron chi connectivity index (χ1n) is 6.04. The van der Waals surface area contributed by atoms with Crippen LogP contribution in [0, 0.1) is 10.1 Å². The van der Waals surface area contributed by atoms with Gasteiger partial charge in [-0.15, -0.1) is 0 Å². The van der Waals surface area contributed by atoms with E-state index < -0.39 is 14.9 Å². The zero-order valence-electron chi connectivity index (χ0n) is 10.6. The van der Waals surface area contributed by atoms with Crippen LogP contribution >= 0.6 is 0 Å². The summed E-state index contributed by atoms with van der Waals surface area (Å²) in [5.41, 5.74) is 5.01. The molecule has 2 rings (SSSR count). The van der Waals surface area contributed by atoms with Crippen molar-refractivity contribution in [3.63, 3.8) is 0 Å². The van der Waals surface area contributed by atoms with Crippen molar-refractivity contribution in [1.29, 1.82) is 0 Å². The second-order valence-electron chi connectivity index (χ2n) is 4.49.